The number of piperidine rings is 1. The van der Waals surface area contributed by atoms with E-state index in [1.165, 1.54) is 12.8 Å². The van der Waals surface area contributed by atoms with Crippen molar-refractivity contribution in [3.8, 4) is 0 Å². The summed E-state index contributed by atoms with van der Waals surface area (Å²) in [7, 11) is -2.73. The Morgan fingerprint density at radius 2 is 1.88 bits per heavy atom. The van der Waals surface area contributed by atoms with Gasteiger partial charge in [-0.05, 0) is 56.0 Å². The molecule has 2 saturated heterocycles. The summed E-state index contributed by atoms with van der Waals surface area (Å²) >= 11 is 0. The Bertz CT molecular complexity index is 348. The van der Waals surface area contributed by atoms with Gasteiger partial charge in [0.15, 0.2) is 0 Å². The Labute approximate surface area is 105 Å². The van der Waals surface area contributed by atoms with Crippen molar-refractivity contribution >= 4 is 9.84 Å². The fraction of sp³-hybridized carbons (Fsp3) is 1.00. The molecule has 2 fully saturated rings. The molecule has 0 aromatic rings. The molecule has 100 valence electrons. The first-order valence-electron chi connectivity index (χ1n) is 6.85. The molecular weight excluding hydrogens is 234 g/mol. The first-order chi connectivity index (χ1) is 7.94. The normalized spacial score (nSPS) is 31.8. The third-order valence-electron chi connectivity index (χ3n) is 4.63. The van der Waals surface area contributed by atoms with Crippen molar-refractivity contribution in [2.45, 2.75) is 39.5 Å². The second-order valence-corrected chi connectivity index (χ2v) is 8.60. The Hall–Kier alpha value is -0.0900. The third kappa shape index (κ3) is 3.02. The van der Waals surface area contributed by atoms with Crippen LogP contribution in [0.5, 0.6) is 0 Å². The molecule has 0 radical (unpaired) electrons. The summed E-state index contributed by atoms with van der Waals surface area (Å²) in [6.45, 7) is 6.68. The van der Waals surface area contributed by atoms with E-state index in [9.17, 15) is 8.42 Å². The van der Waals surface area contributed by atoms with Crippen molar-refractivity contribution in [1.29, 1.82) is 0 Å². The summed E-state index contributed by atoms with van der Waals surface area (Å²) in [4.78, 5) is 0. The standard InChI is InChI=1S/C13H25NO2S/c1-11(2)9-12-10-14-6-3-13(12)4-7-17(15,16)8-5-13/h11-12,14H,3-10H2,1-2H3. The van der Waals surface area contributed by atoms with Gasteiger partial charge in [0, 0.05) is 0 Å². The van der Waals surface area contributed by atoms with Crippen molar-refractivity contribution in [3.63, 3.8) is 0 Å². The van der Waals surface area contributed by atoms with Crippen LogP contribution in [0.4, 0.5) is 0 Å². The molecule has 2 rings (SSSR count). The van der Waals surface area contributed by atoms with Crippen molar-refractivity contribution < 1.29 is 8.42 Å². The molecule has 1 unspecified atom stereocenters. The van der Waals surface area contributed by atoms with Crippen molar-refractivity contribution in [2.24, 2.45) is 17.3 Å². The maximum atomic E-state index is 11.6. The molecule has 17 heavy (non-hydrogen) atoms. The van der Waals surface area contributed by atoms with Gasteiger partial charge in [0.05, 0.1) is 11.5 Å². The molecule has 0 saturated carbocycles. The van der Waals surface area contributed by atoms with Crippen LogP contribution in [-0.4, -0.2) is 33.0 Å². The average Bonchev–Trinajstić information content (AvgIpc) is 2.25. The summed E-state index contributed by atoms with van der Waals surface area (Å²) < 4.78 is 23.2. The second kappa shape index (κ2) is 4.88. The molecule has 0 bridgehead atoms. The molecule has 1 spiro atoms. The van der Waals surface area contributed by atoms with E-state index in [2.05, 4.69) is 19.2 Å². The SMILES string of the molecule is CC(C)CC1CNCCC12CCS(=O)(=O)CC2. The van der Waals surface area contributed by atoms with E-state index >= 15 is 0 Å². The second-order valence-electron chi connectivity index (χ2n) is 6.29. The van der Waals surface area contributed by atoms with Gasteiger partial charge >= 0.3 is 0 Å². The van der Waals surface area contributed by atoms with Gasteiger partial charge in [0.25, 0.3) is 0 Å². The zero-order chi connectivity index (χ0) is 12.5. The maximum Gasteiger partial charge on any atom is 0.150 e. The third-order valence-corrected chi connectivity index (χ3v) is 6.29. The first kappa shape index (κ1) is 13.3. The highest BCUT2D eigenvalue weighted by molar-refractivity contribution is 7.91. The van der Waals surface area contributed by atoms with Gasteiger partial charge in [0.2, 0.25) is 0 Å². The van der Waals surface area contributed by atoms with Crippen molar-refractivity contribution in [3.05, 3.63) is 0 Å². The lowest BCUT2D eigenvalue weighted by atomic mass is 9.64. The highest BCUT2D eigenvalue weighted by atomic mass is 32.2. The van der Waals surface area contributed by atoms with E-state index in [0.717, 1.165) is 25.9 Å². The minimum Gasteiger partial charge on any atom is -0.316 e. The van der Waals surface area contributed by atoms with Crippen LogP contribution in [0.3, 0.4) is 0 Å². The van der Waals surface area contributed by atoms with Crippen LogP contribution in [0, 0.1) is 17.3 Å². The van der Waals surface area contributed by atoms with Gasteiger partial charge in [-0.3, -0.25) is 0 Å². The lowest BCUT2D eigenvalue weighted by Gasteiger charge is -2.47. The van der Waals surface area contributed by atoms with Gasteiger partial charge in [-0.1, -0.05) is 13.8 Å². The van der Waals surface area contributed by atoms with E-state index < -0.39 is 9.84 Å². The van der Waals surface area contributed by atoms with E-state index in [0.29, 0.717) is 28.8 Å². The zero-order valence-electron chi connectivity index (χ0n) is 11.0. The van der Waals surface area contributed by atoms with Gasteiger partial charge in [-0.2, -0.15) is 0 Å². The summed E-state index contributed by atoms with van der Waals surface area (Å²) in [6, 6.07) is 0. The Kier molecular flexibility index (Phi) is 3.83. The number of hydrogen-bond donors (Lipinski definition) is 1. The van der Waals surface area contributed by atoms with Gasteiger partial charge in [0.1, 0.15) is 9.84 Å². The Morgan fingerprint density at radius 3 is 2.47 bits per heavy atom. The predicted octanol–water partition coefficient (Wildman–Crippen LogP) is 1.84. The predicted molar refractivity (Wildman–Crippen MR) is 70.8 cm³/mol. The number of rotatable bonds is 2. The van der Waals surface area contributed by atoms with Crippen LogP contribution in [0.15, 0.2) is 0 Å². The highest BCUT2D eigenvalue weighted by Crippen LogP contribution is 2.46. The van der Waals surface area contributed by atoms with E-state index in [4.69, 9.17) is 0 Å². The van der Waals surface area contributed by atoms with Crippen LogP contribution in [-0.2, 0) is 9.84 Å². The van der Waals surface area contributed by atoms with Crippen LogP contribution < -0.4 is 5.32 Å². The molecule has 2 heterocycles. The van der Waals surface area contributed by atoms with Crippen LogP contribution in [0.1, 0.15) is 39.5 Å². The molecule has 1 atom stereocenters. The molecule has 0 aromatic carbocycles. The minimum absolute atomic E-state index is 0.320. The molecule has 0 amide bonds. The molecular formula is C13H25NO2S. The summed E-state index contributed by atoms with van der Waals surface area (Å²) in [6.07, 6.45) is 4.19. The molecule has 2 aliphatic rings. The Morgan fingerprint density at radius 1 is 1.24 bits per heavy atom. The summed E-state index contributed by atoms with van der Waals surface area (Å²) in [5, 5.41) is 3.48. The lowest BCUT2D eigenvalue weighted by molar-refractivity contribution is 0.0768. The molecule has 3 nitrogen and oxygen atoms in total. The fourth-order valence-electron chi connectivity index (χ4n) is 3.54. The summed E-state index contributed by atoms with van der Waals surface area (Å²) in [5.74, 6) is 2.21. The van der Waals surface area contributed by atoms with Gasteiger partial charge in [-0.25, -0.2) is 8.42 Å². The number of sulfone groups is 1. The molecule has 4 heteroatoms. The molecule has 2 aliphatic heterocycles. The monoisotopic (exact) mass is 259 g/mol. The maximum absolute atomic E-state index is 11.6. The minimum atomic E-state index is -2.73. The lowest BCUT2D eigenvalue weighted by Crippen LogP contribution is -2.49. The van der Waals surface area contributed by atoms with E-state index in [-0.39, 0.29) is 0 Å². The topological polar surface area (TPSA) is 46.2 Å². The van der Waals surface area contributed by atoms with Crippen LogP contribution in [0.2, 0.25) is 0 Å². The van der Waals surface area contributed by atoms with Crippen LogP contribution >= 0.6 is 0 Å². The summed E-state index contributed by atoms with van der Waals surface area (Å²) in [5.41, 5.74) is 0.320. The smallest absolute Gasteiger partial charge is 0.150 e. The van der Waals surface area contributed by atoms with Gasteiger partial charge in [-0.15, -0.1) is 0 Å². The van der Waals surface area contributed by atoms with Crippen LogP contribution in [0.25, 0.3) is 0 Å². The highest BCUT2D eigenvalue weighted by Gasteiger charge is 2.44. The molecule has 1 N–H and O–H groups in total. The first-order valence-corrected chi connectivity index (χ1v) is 8.67. The zero-order valence-corrected chi connectivity index (χ0v) is 11.9. The molecule has 0 aliphatic carbocycles. The fourth-order valence-corrected chi connectivity index (χ4v) is 5.18. The van der Waals surface area contributed by atoms with E-state index in [1.54, 1.807) is 0 Å². The van der Waals surface area contributed by atoms with Gasteiger partial charge < -0.3 is 5.32 Å². The quantitative estimate of drug-likeness (QED) is 0.823. The van der Waals surface area contributed by atoms with Crippen molar-refractivity contribution in [1.82, 2.24) is 5.32 Å². The number of nitrogens with one attached hydrogen (secondary N) is 1. The van der Waals surface area contributed by atoms with E-state index in [1.807, 2.05) is 0 Å². The Balaban J connectivity index is 2.10. The molecule has 0 aromatic heterocycles. The average molecular weight is 259 g/mol. The van der Waals surface area contributed by atoms with Crippen molar-refractivity contribution in [2.75, 3.05) is 24.6 Å². The largest absolute Gasteiger partial charge is 0.316 e. The number of hydrogen-bond acceptors (Lipinski definition) is 3.